The Hall–Kier alpha value is -0.940. The highest BCUT2D eigenvalue weighted by Gasteiger charge is 2.13. The van der Waals surface area contributed by atoms with Crippen LogP contribution in [0, 0.1) is 0 Å². The molecule has 0 radical (unpaired) electrons. The molecule has 0 aliphatic carbocycles. The van der Waals surface area contributed by atoms with E-state index in [1.807, 2.05) is 0 Å². The molecule has 0 saturated carbocycles. The molecule has 5 heteroatoms. The molecule has 3 N–H and O–H groups in total. The van der Waals surface area contributed by atoms with Crippen molar-refractivity contribution in [3.63, 3.8) is 0 Å². The number of Topliss-reactive ketones (excluding diaryl/α,β-unsaturated/α-hetero) is 1. The Balaban J connectivity index is 3.64. The lowest BCUT2D eigenvalue weighted by Gasteiger charge is -1.96. The molecule has 0 unspecified atom stereocenters. The summed E-state index contributed by atoms with van der Waals surface area (Å²) in [5.74, 6) is -2.48. The number of carbonyl (C=O) groups excluding carboxylic acids is 1. The highest BCUT2D eigenvalue weighted by atomic mass is 16.5. The number of carbonyl (C=O) groups is 2. The van der Waals surface area contributed by atoms with Crippen molar-refractivity contribution < 1.29 is 24.9 Å². The van der Waals surface area contributed by atoms with Crippen LogP contribution in [0.4, 0.5) is 0 Å². The normalized spacial score (nSPS) is 9.67. The molecule has 0 saturated heterocycles. The van der Waals surface area contributed by atoms with E-state index in [-0.39, 0.29) is 0 Å². The quantitative estimate of drug-likeness (QED) is 0.317. The number of aliphatic hydroxyl groups excluding tert-OH is 1. The van der Waals surface area contributed by atoms with Crippen molar-refractivity contribution in [3.05, 3.63) is 0 Å². The van der Waals surface area contributed by atoms with Crippen molar-refractivity contribution in [1.29, 1.82) is 0 Å². The van der Waals surface area contributed by atoms with Crippen LogP contribution in [-0.4, -0.2) is 33.4 Å². The van der Waals surface area contributed by atoms with Gasteiger partial charge in [0, 0.05) is 0 Å². The molecule has 0 amide bonds. The van der Waals surface area contributed by atoms with E-state index in [1.54, 1.807) is 0 Å². The summed E-state index contributed by atoms with van der Waals surface area (Å²) in [5.41, 5.74) is 0. The van der Waals surface area contributed by atoms with Gasteiger partial charge in [0.1, 0.15) is 6.42 Å². The largest absolute Gasteiger partial charge is 0.481 e. The molecule has 0 fully saturated rings. The zero-order chi connectivity index (χ0) is 7.44. The summed E-state index contributed by atoms with van der Waals surface area (Å²) in [6.07, 6.45) is -3.02. The fourth-order valence-electron chi connectivity index (χ4n) is 0.240. The predicted octanol–water partition coefficient (Wildman–Crippen LogP) is -1.66. The Bertz CT molecular complexity index is 127. The van der Waals surface area contributed by atoms with E-state index in [2.05, 4.69) is 0 Å². The van der Waals surface area contributed by atoms with Crippen LogP contribution in [0.25, 0.3) is 0 Å². The van der Waals surface area contributed by atoms with Crippen LogP contribution in [0.15, 0.2) is 0 Å². The molecule has 0 spiro atoms. The molecule has 0 aromatic rings. The summed E-state index contributed by atoms with van der Waals surface area (Å²) in [7, 11) is 0. The smallest absolute Gasteiger partial charge is 0.311 e. The number of rotatable bonds is 3. The first-order valence-corrected chi connectivity index (χ1v) is 2.14. The third kappa shape index (κ3) is 3.63. The Morgan fingerprint density at radius 2 is 1.78 bits per heavy atom. The van der Waals surface area contributed by atoms with Crippen molar-refractivity contribution >= 4 is 11.8 Å². The number of aliphatic carboxylic acids is 1. The Kier molecular flexibility index (Phi) is 2.83. The van der Waals surface area contributed by atoms with Crippen molar-refractivity contribution in [2.24, 2.45) is 0 Å². The van der Waals surface area contributed by atoms with Crippen molar-refractivity contribution in [3.8, 4) is 0 Å². The topological polar surface area (TPSA) is 94.8 Å². The van der Waals surface area contributed by atoms with Crippen LogP contribution in [0.5, 0.6) is 0 Å². The van der Waals surface area contributed by atoms with Gasteiger partial charge in [-0.05, 0) is 0 Å². The van der Waals surface area contributed by atoms with E-state index in [0.717, 1.165) is 0 Å². The standard InChI is InChI=1S/C4H6O5/c5-2(4(8)9)1-3(6)7/h4,8-9H,1H2,(H,6,7). The first-order valence-electron chi connectivity index (χ1n) is 2.14. The molecule has 0 aromatic carbocycles. The van der Waals surface area contributed by atoms with E-state index in [4.69, 9.17) is 15.3 Å². The molecule has 0 rings (SSSR count). The van der Waals surface area contributed by atoms with Crippen molar-refractivity contribution in [2.45, 2.75) is 12.7 Å². The van der Waals surface area contributed by atoms with E-state index < -0.39 is 24.5 Å². The number of ketones is 1. The van der Waals surface area contributed by atoms with Gasteiger partial charge in [-0.15, -0.1) is 0 Å². The van der Waals surface area contributed by atoms with E-state index in [1.165, 1.54) is 0 Å². The maximum Gasteiger partial charge on any atom is 0.311 e. The summed E-state index contributed by atoms with van der Waals surface area (Å²) in [6, 6.07) is 0. The van der Waals surface area contributed by atoms with Gasteiger partial charge in [0.05, 0.1) is 0 Å². The molecule has 0 aromatic heterocycles. The zero-order valence-corrected chi connectivity index (χ0v) is 4.44. The van der Waals surface area contributed by atoms with Gasteiger partial charge >= 0.3 is 5.97 Å². The number of hydrogen-bond donors (Lipinski definition) is 3. The fourth-order valence-corrected chi connectivity index (χ4v) is 0.240. The number of carboxylic acid groups (broad SMARTS) is 1. The fraction of sp³-hybridized carbons (Fsp3) is 0.500. The minimum absolute atomic E-state index is 0.850. The summed E-state index contributed by atoms with van der Waals surface area (Å²) < 4.78 is 0. The molecular weight excluding hydrogens is 128 g/mol. The molecular formula is C4H6O5. The van der Waals surface area contributed by atoms with Gasteiger partial charge in [0.25, 0.3) is 0 Å². The Morgan fingerprint density at radius 1 is 1.33 bits per heavy atom. The average molecular weight is 134 g/mol. The van der Waals surface area contributed by atoms with Crippen LogP contribution in [0.2, 0.25) is 0 Å². The van der Waals surface area contributed by atoms with Crippen LogP contribution in [-0.2, 0) is 9.59 Å². The first-order chi connectivity index (χ1) is 4.04. The number of hydrogen-bond acceptors (Lipinski definition) is 4. The van der Waals surface area contributed by atoms with Crippen LogP contribution in [0.3, 0.4) is 0 Å². The Labute approximate surface area is 50.5 Å². The predicted molar refractivity (Wildman–Crippen MR) is 25.5 cm³/mol. The SMILES string of the molecule is O=C(O)CC(=O)C(O)O. The van der Waals surface area contributed by atoms with Gasteiger partial charge in [0.15, 0.2) is 5.78 Å². The summed E-state index contributed by atoms with van der Waals surface area (Å²) >= 11 is 0. The van der Waals surface area contributed by atoms with Crippen LogP contribution in [0.1, 0.15) is 6.42 Å². The second-order valence-electron chi connectivity index (χ2n) is 1.41. The van der Waals surface area contributed by atoms with Gasteiger partial charge in [-0.1, -0.05) is 0 Å². The van der Waals surface area contributed by atoms with E-state index >= 15 is 0 Å². The highest BCUT2D eigenvalue weighted by molar-refractivity contribution is 5.96. The van der Waals surface area contributed by atoms with Gasteiger partial charge < -0.3 is 15.3 Å². The first kappa shape index (κ1) is 8.06. The summed E-state index contributed by atoms with van der Waals surface area (Å²) in [6.45, 7) is 0. The summed E-state index contributed by atoms with van der Waals surface area (Å²) in [5, 5.41) is 23.9. The molecule has 52 valence electrons. The lowest BCUT2D eigenvalue weighted by molar-refractivity contribution is -0.152. The van der Waals surface area contributed by atoms with Crippen molar-refractivity contribution in [1.82, 2.24) is 0 Å². The summed E-state index contributed by atoms with van der Waals surface area (Å²) in [4.78, 5) is 19.7. The minimum Gasteiger partial charge on any atom is -0.481 e. The van der Waals surface area contributed by atoms with E-state index in [0.29, 0.717) is 0 Å². The molecule has 0 aliphatic rings. The third-order valence-electron chi connectivity index (χ3n) is 0.613. The molecule has 0 bridgehead atoms. The minimum atomic E-state index is -2.17. The molecule has 0 atom stereocenters. The second-order valence-corrected chi connectivity index (χ2v) is 1.41. The number of carboxylic acids is 1. The lowest BCUT2D eigenvalue weighted by atomic mass is 10.3. The van der Waals surface area contributed by atoms with Gasteiger partial charge in [-0.3, -0.25) is 9.59 Å². The lowest BCUT2D eigenvalue weighted by Crippen LogP contribution is -2.21. The number of aliphatic hydroxyl groups is 2. The third-order valence-corrected chi connectivity index (χ3v) is 0.613. The molecule has 9 heavy (non-hydrogen) atoms. The highest BCUT2D eigenvalue weighted by Crippen LogP contribution is 1.86. The van der Waals surface area contributed by atoms with Crippen LogP contribution >= 0.6 is 0 Å². The average Bonchev–Trinajstić information content (AvgIpc) is 1.63. The second kappa shape index (κ2) is 3.16. The molecule has 0 aliphatic heterocycles. The van der Waals surface area contributed by atoms with Crippen LogP contribution < -0.4 is 0 Å². The monoisotopic (exact) mass is 134 g/mol. The Morgan fingerprint density at radius 3 is 1.89 bits per heavy atom. The van der Waals surface area contributed by atoms with E-state index in [9.17, 15) is 9.59 Å². The van der Waals surface area contributed by atoms with Gasteiger partial charge in [-0.2, -0.15) is 0 Å². The zero-order valence-electron chi connectivity index (χ0n) is 4.44. The van der Waals surface area contributed by atoms with Crippen molar-refractivity contribution in [2.75, 3.05) is 0 Å². The van der Waals surface area contributed by atoms with Gasteiger partial charge in [-0.25, -0.2) is 0 Å². The maximum atomic E-state index is 10.1. The maximum absolute atomic E-state index is 10.1. The van der Waals surface area contributed by atoms with Gasteiger partial charge in [0.2, 0.25) is 6.29 Å². The molecule has 0 heterocycles. The molecule has 5 nitrogen and oxygen atoms in total.